The quantitative estimate of drug-likeness (QED) is 0.837. The van der Waals surface area contributed by atoms with E-state index < -0.39 is 0 Å². The second-order valence-electron chi connectivity index (χ2n) is 4.98. The van der Waals surface area contributed by atoms with E-state index in [1.807, 2.05) is 44.5 Å². The van der Waals surface area contributed by atoms with Crippen molar-refractivity contribution in [1.29, 1.82) is 0 Å². The molecule has 3 nitrogen and oxygen atoms in total. The fourth-order valence-electron chi connectivity index (χ4n) is 1.98. The zero-order valence-electron chi connectivity index (χ0n) is 12.1. The van der Waals surface area contributed by atoms with Gasteiger partial charge in [0, 0.05) is 10.6 Å². The van der Waals surface area contributed by atoms with Gasteiger partial charge < -0.3 is 10.1 Å². The van der Waals surface area contributed by atoms with Gasteiger partial charge in [0.25, 0.3) is 0 Å². The number of rotatable bonds is 5. The molecule has 1 unspecified atom stereocenters. The first-order valence-corrected chi connectivity index (χ1v) is 7.86. The highest BCUT2D eigenvalue weighted by Gasteiger charge is 2.12. The van der Waals surface area contributed by atoms with E-state index in [-0.39, 0.29) is 12.1 Å². The largest absolute Gasteiger partial charge is 0.489 e. The molecule has 5 heteroatoms. The fourth-order valence-corrected chi connectivity index (χ4v) is 3.02. The summed E-state index contributed by atoms with van der Waals surface area (Å²) in [6, 6.07) is 5.98. The monoisotopic (exact) mass is 310 g/mol. The number of nitrogens with one attached hydrogen (secondary N) is 1. The molecule has 2 aromatic rings. The minimum absolute atomic E-state index is 0.116. The number of benzene rings is 1. The van der Waals surface area contributed by atoms with Gasteiger partial charge in [-0.2, -0.15) is 0 Å². The van der Waals surface area contributed by atoms with E-state index in [1.165, 1.54) is 4.88 Å². The van der Waals surface area contributed by atoms with E-state index in [0.29, 0.717) is 10.8 Å². The third kappa shape index (κ3) is 3.64. The Morgan fingerprint density at radius 2 is 2.05 bits per heavy atom. The molecule has 0 bridgehead atoms. The minimum atomic E-state index is 0.116. The van der Waals surface area contributed by atoms with Gasteiger partial charge in [-0.15, -0.1) is 11.3 Å². The summed E-state index contributed by atoms with van der Waals surface area (Å²) >= 11 is 7.90. The van der Waals surface area contributed by atoms with Crippen molar-refractivity contribution in [3.8, 4) is 5.75 Å². The summed E-state index contributed by atoms with van der Waals surface area (Å²) in [7, 11) is 0. The Hall–Kier alpha value is -1.26. The first-order valence-electron chi connectivity index (χ1n) is 6.60. The molecule has 1 N–H and O–H groups in total. The number of aromatic nitrogens is 1. The lowest BCUT2D eigenvalue weighted by Crippen LogP contribution is -2.08. The lowest BCUT2D eigenvalue weighted by molar-refractivity contribution is 0.242. The van der Waals surface area contributed by atoms with Crippen molar-refractivity contribution >= 4 is 28.6 Å². The molecule has 0 radical (unpaired) electrons. The molecule has 1 heterocycles. The van der Waals surface area contributed by atoms with E-state index in [2.05, 4.69) is 17.2 Å². The third-order valence-electron chi connectivity index (χ3n) is 2.85. The summed E-state index contributed by atoms with van der Waals surface area (Å²) in [6.45, 7) is 8.11. The Morgan fingerprint density at radius 1 is 1.30 bits per heavy atom. The van der Waals surface area contributed by atoms with Gasteiger partial charge in [0.05, 0.1) is 28.4 Å². The van der Waals surface area contributed by atoms with Crippen LogP contribution in [0.1, 0.15) is 37.4 Å². The molecule has 0 aliphatic carbocycles. The summed E-state index contributed by atoms with van der Waals surface area (Å²) in [5, 5.41) is 4.06. The SMILES string of the molecule is Cc1ncsc1C(C)Nc1ccc(OC(C)C)c(Cl)c1. The van der Waals surface area contributed by atoms with Crippen molar-refractivity contribution in [1.82, 2.24) is 4.98 Å². The topological polar surface area (TPSA) is 34.2 Å². The third-order valence-corrected chi connectivity index (χ3v) is 4.26. The number of hydrogen-bond acceptors (Lipinski definition) is 4. The Morgan fingerprint density at radius 3 is 2.60 bits per heavy atom. The number of anilines is 1. The van der Waals surface area contributed by atoms with Gasteiger partial charge in [-0.25, -0.2) is 4.98 Å². The van der Waals surface area contributed by atoms with Crippen LogP contribution in [0, 0.1) is 6.92 Å². The van der Waals surface area contributed by atoms with Crippen LogP contribution in [-0.4, -0.2) is 11.1 Å². The highest BCUT2D eigenvalue weighted by molar-refractivity contribution is 7.09. The lowest BCUT2D eigenvalue weighted by atomic mass is 10.2. The summed E-state index contributed by atoms with van der Waals surface area (Å²) in [4.78, 5) is 5.52. The molecule has 2 rings (SSSR count). The summed E-state index contributed by atoms with van der Waals surface area (Å²) < 4.78 is 5.63. The molecule has 20 heavy (non-hydrogen) atoms. The van der Waals surface area contributed by atoms with E-state index in [9.17, 15) is 0 Å². The Labute approximate surface area is 129 Å². The number of hydrogen-bond donors (Lipinski definition) is 1. The van der Waals surface area contributed by atoms with Crippen molar-refractivity contribution in [2.45, 2.75) is 39.8 Å². The molecule has 0 saturated heterocycles. The van der Waals surface area contributed by atoms with Gasteiger partial charge >= 0.3 is 0 Å². The van der Waals surface area contributed by atoms with Crippen molar-refractivity contribution < 1.29 is 4.74 Å². The molecule has 0 fully saturated rings. The Balaban J connectivity index is 2.11. The molecule has 1 atom stereocenters. The average Bonchev–Trinajstić information content (AvgIpc) is 2.78. The number of halogens is 1. The van der Waals surface area contributed by atoms with Gasteiger partial charge in [0.1, 0.15) is 5.75 Å². The van der Waals surface area contributed by atoms with Gasteiger partial charge in [-0.05, 0) is 45.9 Å². The normalized spacial score (nSPS) is 12.5. The molecule has 0 saturated carbocycles. The van der Waals surface area contributed by atoms with E-state index in [0.717, 1.165) is 11.4 Å². The summed E-state index contributed by atoms with van der Waals surface area (Å²) in [6.07, 6.45) is 0.116. The van der Waals surface area contributed by atoms with Crippen molar-refractivity contribution in [2.24, 2.45) is 0 Å². The zero-order valence-corrected chi connectivity index (χ0v) is 13.7. The fraction of sp³-hybridized carbons (Fsp3) is 0.400. The number of ether oxygens (including phenoxy) is 1. The van der Waals surface area contributed by atoms with E-state index >= 15 is 0 Å². The van der Waals surface area contributed by atoms with E-state index in [1.54, 1.807) is 11.3 Å². The van der Waals surface area contributed by atoms with Crippen molar-refractivity contribution in [3.05, 3.63) is 39.3 Å². The maximum atomic E-state index is 6.24. The van der Waals surface area contributed by atoms with Crippen LogP contribution in [0.5, 0.6) is 5.75 Å². The van der Waals surface area contributed by atoms with Crippen LogP contribution in [0.15, 0.2) is 23.7 Å². The van der Waals surface area contributed by atoms with Gasteiger partial charge in [-0.1, -0.05) is 11.6 Å². The number of aryl methyl sites for hydroxylation is 1. The van der Waals surface area contributed by atoms with Crippen LogP contribution >= 0.6 is 22.9 Å². The predicted octanol–water partition coefficient (Wildman–Crippen LogP) is 5.07. The smallest absolute Gasteiger partial charge is 0.138 e. The Bertz CT molecular complexity index is 583. The average molecular weight is 311 g/mol. The molecule has 1 aromatic carbocycles. The lowest BCUT2D eigenvalue weighted by Gasteiger charge is -2.16. The highest BCUT2D eigenvalue weighted by Crippen LogP contribution is 2.31. The summed E-state index contributed by atoms with van der Waals surface area (Å²) in [5.41, 5.74) is 3.92. The molecule has 108 valence electrons. The second kappa shape index (κ2) is 6.46. The van der Waals surface area contributed by atoms with Crippen LogP contribution < -0.4 is 10.1 Å². The maximum Gasteiger partial charge on any atom is 0.138 e. The van der Waals surface area contributed by atoms with Gasteiger partial charge in [-0.3, -0.25) is 0 Å². The first kappa shape index (κ1) is 15.1. The standard InChI is InChI=1S/C15H19ClN2OS/c1-9(2)19-14-6-5-12(7-13(14)16)18-11(4)15-10(3)17-8-20-15/h5-9,11,18H,1-4H3. The minimum Gasteiger partial charge on any atom is -0.489 e. The molecular weight excluding hydrogens is 292 g/mol. The van der Waals surface area contributed by atoms with Crippen molar-refractivity contribution in [2.75, 3.05) is 5.32 Å². The molecule has 0 spiro atoms. The number of nitrogens with zero attached hydrogens (tertiary/aromatic N) is 1. The van der Waals surface area contributed by atoms with Gasteiger partial charge in [0.2, 0.25) is 0 Å². The van der Waals surface area contributed by atoms with Crippen LogP contribution in [0.3, 0.4) is 0 Å². The molecule has 0 aliphatic rings. The molecule has 0 aliphatic heterocycles. The van der Waals surface area contributed by atoms with Crippen molar-refractivity contribution in [3.63, 3.8) is 0 Å². The van der Waals surface area contributed by atoms with Gasteiger partial charge in [0.15, 0.2) is 0 Å². The summed E-state index contributed by atoms with van der Waals surface area (Å²) in [5.74, 6) is 0.717. The highest BCUT2D eigenvalue weighted by atomic mass is 35.5. The molecule has 1 aromatic heterocycles. The van der Waals surface area contributed by atoms with Crippen LogP contribution in [0.2, 0.25) is 5.02 Å². The maximum absolute atomic E-state index is 6.24. The Kier molecular flexibility index (Phi) is 4.89. The first-order chi connectivity index (χ1) is 9.47. The molecule has 0 amide bonds. The van der Waals surface area contributed by atoms with E-state index in [4.69, 9.17) is 16.3 Å². The van der Waals surface area contributed by atoms with Crippen LogP contribution in [0.25, 0.3) is 0 Å². The van der Waals surface area contributed by atoms with Crippen LogP contribution in [0.4, 0.5) is 5.69 Å². The zero-order chi connectivity index (χ0) is 14.7. The second-order valence-corrected chi connectivity index (χ2v) is 6.27. The molecular formula is C15H19ClN2OS. The number of thiazole rings is 1. The predicted molar refractivity (Wildman–Crippen MR) is 86.1 cm³/mol. The van der Waals surface area contributed by atoms with Crippen LogP contribution in [-0.2, 0) is 0 Å².